The highest BCUT2D eigenvalue weighted by atomic mass is 16.1. The Balaban J connectivity index is 1.98. The van der Waals surface area contributed by atoms with E-state index in [2.05, 4.69) is 24.1 Å². The van der Waals surface area contributed by atoms with Gasteiger partial charge in [-0.15, -0.1) is 0 Å². The summed E-state index contributed by atoms with van der Waals surface area (Å²) in [5.41, 5.74) is 4.04. The third kappa shape index (κ3) is 3.67. The SMILES string of the molecule is Cc1cncc(CNC(=O)c2ccc(C(C)C)cc2)c1. The van der Waals surface area contributed by atoms with Crippen LogP contribution in [0.3, 0.4) is 0 Å². The van der Waals surface area contributed by atoms with Gasteiger partial charge in [-0.2, -0.15) is 0 Å². The molecule has 0 radical (unpaired) electrons. The minimum atomic E-state index is -0.0539. The Bertz CT molecular complexity index is 588. The van der Waals surface area contributed by atoms with E-state index in [0.717, 1.165) is 11.1 Å². The fourth-order valence-corrected chi connectivity index (χ4v) is 2.02. The lowest BCUT2D eigenvalue weighted by Gasteiger charge is -2.08. The van der Waals surface area contributed by atoms with Crippen LogP contribution in [-0.2, 0) is 6.54 Å². The molecule has 0 saturated carbocycles. The molecule has 0 saturated heterocycles. The van der Waals surface area contributed by atoms with Gasteiger partial charge in [0.25, 0.3) is 5.91 Å². The van der Waals surface area contributed by atoms with E-state index in [1.807, 2.05) is 37.3 Å². The third-order valence-corrected chi connectivity index (χ3v) is 3.22. The van der Waals surface area contributed by atoms with Gasteiger partial charge < -0.3 is 5.32 Å². The molecule has 2 aromatic rings. The summed E-state index contributed by atoms with van der Waals surface area (Å²) in [6.45, 7) is 6.77. The highest BCUT2D eigenvalue weighted by molar-refractivity contribution is 5.94. The second kappa shape index (κ2) is 6.33. The number of nitrogens with one attached hydrogen (secondary N) is 1. The second-order valence-electron chi connectivity index (χ2n) is 5.33. The van der Waals surface area contributed by atoms with E-state index in [-0.39, 0.29) is 5.91 Å². The molecule has 1 aromatic carbocycles. The van der Waals surface area contributed by atoms with E-state index in [9.17, 15) is 4.79 Å². The van der Waals surface area contributed by atoms with Gasteiger partial charge in [-0.25, -0.2) is 0 Å². The maximum atomic E-state index is 12.1. The van der Waals surface area contributed by atoms with Crippen molar-refractivity contribution in [3.8, 4) is 0 Å². The summed E-state index contributed by atoms with van der Waals surface area (Å²) in [5.74, 6) is 0.423. The zero-order valence-electron chi connectivity index (χ0n) is 12.2. The Morgan fingerprint density at radius 1 is 1.20 bits per heavy atom. The number of rotatable bonds is 4. The van der Waals surface area contributed by atoms with Gasteiger partial charge in [0, 0.05) is 24.5 Å². The predicted molar refractivity (Wildman–Crippen MR) is 80.7 cm³/mol. The van der Waals surface area contributed by atoms with Gasteiger partial charge in [-0.1, -0.05) is 32.0 Å². The fraction of sp³-hybridized carbons (Fsp3) is 0.294. The predicted octanol–water partition coefficient (Wildman–Crippen LogP) is 3.44. The molecule has 20 heavy (non-hydrogen) atoms. The molecule has 3 heteroatoms. The van der Waals surface area contributed by atoms with Crippen molar-refractivity contribution >= 4 is 5.91 Å². The van der Waals surface area contributed by atoms with Crippen molar-refractivity contribution in [3.05, 3.63) is 65.0 Å². The summed E-state index contributed by atoms with van der Waals surface area (Å²) in [5, 5.41) is 2.91. The average molecular weight is 268 g/mol. The van der Waals surface area contributed by atoms with E-state index in [4.69, 9.17) is 0 Å². The molecule has 0 fully saturated rings. The van der Waals surface area contributed by atoms with E-state index in [0.29, 0.717) is 18.0 Å². The van der Waals surface area contributed by atoms with Crippen LogP contribution in [0.2, 0.25) is 0 Å². The first-order chi connectivity index (χ1) is 9.56. The molecule has 0 atom stereocenters. The van der Waals surface area contributed by atoms with Crippen LogP contribution >= 0.6 is 0 Å². The summed E-state index contributed by atoms with van der Waals surface area (Å²) in [4.78, 5) is 16.2. The molecular formula is C17H20N2O. The number of hydrogen-bond acceptors (Lipinski definition) is 2. The average Bonchev–Trinajstić information content (AvgIpc) is 2.45. The molecule has 1 aromatic heterocycles. The Labute approximate surface area is 120 Å². The lowest BCUT2D eigenvalue weighted by Crippen LogP contribution is -2.22. The molecule has 0 aliphatic heterocycles. The van der Waals surface area contributed by atoms with Crippen LogP contribution in [0.5, 0.6) is 0 Å². The summed E-state index contributed by atoms with van der Waals surface area (Å²) >= 11 is 0. The van der Waals surface area contributed by atoms with Crippen LogP contribution in [0.1, 0.15) is 46.8 Å². The number of aromatic nitrogens is 1. The van der Waals surface area contributed by atoms with Crippen molar-refractivity contribution in [2.24, 2.45) is 0 Å². The first kappa shape index (κ1) is 14.3. The van der Waals surface area contributed by atoms with Crippen LogP contribution < -0.4 is 5.32 Å². The molecule has 0 aliphatic carbocycles. The molecule has 0 bridgehead atoms. The minimum absolute atomic E-state index is 0.0539. The van der Waals surface area contributed by atoms with E-state index in [1.54, 1.807) is 12.4 Å². The Morgan fingerprint density at radius 3 is 2.50 bits per heavy atom. The van der Waals surface area contributed by atoms with Crippen LogP contribution in [-0.4, -0.2) is 10.9 Å². The summed E-state index contributed by atoms with van der Waals surface area (Å²) in [6.07, 6.45) is 3.57. The third-order valence-electron chi connectivity index (χ3n) is 3.22. The van der Waals surface area contributed by atoms with E-state index in [1.165, 1.54) is 5.56 Å². The highest BCUT2D eigenvalue weighted by Crippen LogP contribution is 2.14. The van der Waals surface area contributed by atoms with Crippen molar-refractivity contribution in [1.82, 2.24) is 10.3 Å². The Kier molecular flexibility index (Phi) is 4.51. The maximum Gasteiger partial charge on any atom is 0.251 e. The number of carbonyl (C=O) groups is 1. The normalized spacial score (nSPS) is 10.6. The Morgan fingerprint density at radius 2 is 1.90 bits per heavy atom. The highest BCUT2D eigenvalue weighted by Gasteiger charge is 2.06. The van der Waals surface area contributed by atoms with Crippen LogP contribution in [0.25, 0.3) is 0 Å². The summed E-state index contributed by atoms with van der Waals surface area (Å²) in [7, 11) is 0. The quantitative estimate of drug-likeness (QED) is 0.923. The van der Waals surface area contributed by atoms with Crippen molar-refractivity contribution in [2.75, 3.05) is 0 Å². The van der Waals surface area contributed by atoms with Gasteiger partial charge in [0.1, 0.15) is 0 Å². The largest absolute Gasteiger partial charge is 0.348 e. The van der Waals surface area contributed by atoms with Crippen LogP contribution in [0.15, 0.2) is 42.7 Å². The minimum Gasteiger partial charge on any atom is -0.348 e. The Hall–Kier alpha value is -2.16. The molecule has 0 spiro atoms. The zero-order chi connectivity index (χ0) is 14.5. The molecular weight excluding hydrogens is 248 g/mol. The maximum absolute atomic E-state index is 12.1. The molecule has 1 amide bonds. The van der Waals surface area contributed by atoms with Crippen LogP contribution in [0.4, 0.5) is 0 Å². The van der Waals surface area contributed by atoms with E-state index >= 15 is 0 Å². The molecule has 1 N–H and O–H groups in total. The number of pyridine rings is 1. The summed E-state index contributed by atoms with van der Waals surface area (Å²) in [6, 6.07) is 9.79. The fourth-order valence-electron chi connectivity index (χ4n) is 2.02. The van der Waals surface area contributed by atoms with Gasteiger partial charge in [0.2, 0.25) is 0 Å². The summed E-state index contributed by atoms with van der Waals surface area (Å²) < 4.78 is 0. The van der Waals surface area contributed by atoms with Crippen molar-refractivity contribution < 1.29 is 4.79 Å². The lowest BCUT2D eigenvalue weighted by atomic mass is 10.0. The molecule has 104 valence electrons. The smallest absolute Gasteiger partial charge is 0.251 e. The van der Waals surface area contributed by atoms with Gasteiger partial charge in [-0.3, -0.25) is 9.78 Å². The number of amides is 1. The first-order valence-electron chi connectivity index (χ1n) is 6.85. The van der Waals surface area contributed by atoms with Crippen molar-refractivity contribution in [2.45, 2.75) is 33.2 Å². The second-order valence-corrected chi connectivity index (χ2v) is 5.33. The molecule has 2 rings (SSSR count). The molecule has 3 nitrogen and oxygen atoms in total. The number of aryl methyl sites for hydroxylation is 1. The number of nitrogens with zero attached hydrogens (tertiary/aromatic N) is 1. The van der Waals surface area contributed by atoms with Gasteiger partial charge in [0.05, 0.1) is 0 Å². The lowest BCUT2D eigenvalue weighted by molar-refractivity contribution is 0.0951. The standard InChI is InChI=1S/C17H20N2O/c1-12(2)15-4-6-16(7-5-15)17(20)19-11-14-8-13(3)9-18-10-14/h4-10,12H,11H2,1-3H3,(H,19,20). The topological polar surface area (TPSA) is 42.0 Å². The number of hydrogen-bond donors (Lipinski definition) is 1. The van der Waals surface area contributed by atoms with Gasteiger partial charge >= 0.3 is 0 Å². The van der Waals surface area contributed by atoms with E-state index < -0.39 is 0 Å². The monoisotopic (exact) mass is 268 g/mol. The van der Waals surface area contributed by atoms with Crippen molar-refractivity contribution in [3.63, 3.8) is 0 Å². The number of benzene rings is 1. The first-order valence-corrected chi connectivity index (χ1v) is 6.85. The molecule has 0 unspecified atom stereocenters. The van der Waals surface area contributed by atoms with Gasteiger partial charge in [-0.05, 0) is 41.7 Å². The van der Waals surface area contributed by atoms with Crippen molar-refractivity contribution in [1.29, 1.82) is 0 Å². The zero-order valence-corrected chi connectivity index (χ0v) is 12.2. The van der Waals surface area contributed by atoms with Crippen LogP contribution in [0, 0.1) is 6.92 Å². The van der Waals surface area contributed by atoms with Gasteiger partial charge in [0.15, 0.2) is 0 Å². The number of carbonyl (C=O) groups excluding carboxylic acids is 1. The molecule has 1 heterocycles. The molecule has 0 aliphatic rings.